The first-order valence-electron chi connectivity index (χ1n) is 28.5. The Hall–Kier alpha value is -0.910. The Bertz CT molecular complexity index is 879. The summed E-state index contributed by atoms with van der Waals surface area (Å²) in [4.78, 5) is 12.5. The number of rotatable bonds is 53. The highest BCUT2D eigenvalue weighted by molar-refractivity contribution is 5.76. The fraction of sp³-hybridized carbons (Fsp3) is 0.947. The smallest absolute Gasteiger partial charge is 0.222 e. The highest BCUT2D eigenvalue weighted by Crippen LogP contribution is 2.18. The fourth-order valence-corrected chi connectivity index (χ4v) is 9.23. The van der Waals surface area contributed by atoms with E-state index >= 15 is 0 Å². The van der Waals surface area contributed by atoms with Gasteiger partial charge in [0.25, 0.3) is 0 Å². The van der Waals surface area contributed by atoms with Crippen LogP contribution in [-0.2, 0) is 4.79 Å². The van der Waals surface area contributed by atoms with Crippen molar-refractivity contribution in [1.82, 2.24) is 5.32 Å². The number of nitrogens with one attached hydrogen (secondary N) is 1. The molecule has 62 heavy (non-hydrogen) atoms. The molecule has 0 spiro atoms. The van der Waals surface area contributed by atoms with Gasteiger partial charge in [0.05, 0.1) is 31.3 Å². The van der Waals surface area contributed by atoms with E-state index in [0.29, 0.717) is 12.8 Å². The van der Waals surface area contributed by atoms with Gasteiger partial charge in [0, 0.05) is 0 Å². The molecular weight excluding hydrogens is 763 g/mol. The van der Waals surface area contributed by atoms with Crippen LogP contribution in [0.1, 0.15) is 322 Å². The predicted octanol–water partition coefficient (Wildman–Crippen LogP) is 17.5. The minimum absolute atomic E-state index is 0.0395. The molecule has 0 bridgehead atoms. The van der Waals surface area contributed by atoms with E-state index in [1.165, 1.54) is 263 Å². The van der Waals surface area contributed by atoms with Crippen LogP contribution in [0.2, 0.25) is 0 Å². The van der Waals surface area contributed by atoms with Gasteiger partial charge in [-0.05, 0) is 38.5 Å². The zero-order chi connectivity index (χ0) is 45.1. The first-order chi connectivity index (χ1) is 30.5. The molecule has 0 aliphatic heterocycles. The van der Waals surface area contributed by atoms with Crippen molar-refractivity contribution in [3.63, 3.8) is 0 Å². The summed E-state index contributed by atoms with van der Waals surface area (Å²) in [6.07, 6.45) is 65.1. The second-order valence-electron chi connectivity index (χ2n) is 19.9. The molecule has 0 rings (SSSR count). The monoisotopic (exact) mass is 876 g/mol. The lowest BCUT2D eigenvalue weighted by Crippen LogP contribution is -2.46. The quantitative estimate of drug-likeness (QED) is 0.0362. The van der Waals surface area contributed by atoms with Gasteiger partial charge in [-0.1, -0.05) is 289 Å². The van der Waals surface area contributed by atoms with E-state index in [0.717, 1.165) is 25.7 Å². The van der Waals surface area contributed by atoms with Crippen LogP contribution >= 0.6 is 0 Å². The molecule has 0 saturated heterocycles. The van der Waals surface area contributed by atoms with Crippen molar-refractivity contribution in [2.75, 3.05) is 6.61 Å². The minimum Gasteiger partial charge on any atom is -0.394 e. The zero-order valence-electron chi connectivity index (χ0n) is 42.3. The maximum atomic E-state index is 12.5. The van der Waals surface area contributed by atoms with Crippen molar-refractivity contribution in [2.24, 2.45) is 0 Å². The predicted molar refractivity (Wildman–Crippen MR) is 273 cm³/mol. The molecule has 0 heterocycles. The molecule has 5 nitrogen and oxygen atoms in total. The van der Waals surface area contributed by atoms with Crippen molar-refractivity contribution in [3.8, 4) is 0 Å². The van der Waals surface area contributed by atoms with Crippen molar-refractivity contribution >= 4 is 5.91 Å². The number of aliphatic hydroxyl groups is 3. The number of hydrogen-bond acceptors (Lipinski definition) is 4. The lowest BCUT2D eigenvalue weighted by molar-refractivity contribution is -0.125. The topological polar surface area (TPSA) is 89.8 Å². The minimum atomic E-state index is -0.748. The van der Waals surface area contributed by atoms with Crippen molar-refractivity contribution in [1.29, 1.82) is 0 Å². The normalized spacial score (nSPS) is 13.3. The van der Waals surface area contributed by atoms with Crippen LogP contribution in [-0.4, -0.2) is 46.1 Å². The average Bonchev–Trinajstić information content (AvgIpc) is 3.27. The zero-order valence-corrected chi connectivity index (χ0v) is 42.3. The summed E-state index contributed by atoms with van der Waals surface area (Å²) in [7, 11) is 0. The van der Waals surface area contributed by atoms with Gasteiger partial charge in [0.2, 0.25) is 5.91 Å². The van der Waals surface area contributed by atoms with Gasteiger partial charge in [-0.15, -0.1) is 0 Å². The summed E-state index contributed by atoms with van der Waals surface area (Å²) < 4.78 is 0. The number of carbonyl (C=O) groups excluding carboxylic acids is 1. The molecule has 0 radical (unpaired) electrons. The fourth-order valence-electron chi connectivity index (χ4n) is 9.23. The van der Waals surface area contributed by atoms with Crippen molar-refractivity contribution < 1.29 is 20.1 Å². The highest BCUT2D eigenvalue weighted by atomic mass is 16.3. The van der Waals surface area contributed by atoms with Gasteiger partial charge in [0.15, 0.2) is 0 Å². The Kier molecular flexibility index (Phi) is 51.9. The van der Waals surface area contributed by atoms with Crippen LogP contribution in [0.4, 0.5) is 0 Å². The molecule has 3 unspecified atom stereocenters. The number of hydrogen-bond donors (Lipinski definition) is 4. The van der Waals surface area contributed by atoms with Gasteiger partial charge in [0.1, 0.15) is 0 Å². The molecule has 3 atom stereocenters. The van der Waals surface area contributed by atoms with Gasteiger partial charge >= 0.3 is 0 Å². The van der Waals surface area contributed by atoms with E-state index in [9.17, 15) is 20.1 Å². The van der Waals surface area contributed by atoms with Crippen LogP contribution in [0, 0.1) is 0 Å². The molecule has 370 valence electrons. The van der Waals surface area contributed by atoms with E-state index < -0.39 is 18.2 Å². The Labute approximate surface area is 389 Å². The molecule has 1 amide bonds. The summed E-state index contributed by atoms with van der Waals surface area (Å²) in [6, 6.07) is -0.657. The Morgan fingerprint density at radius 3 is 0.935 bits per heavy atom. The first-order valence-corrected chi connectivity index (χ1v) is 28.5. The van der Waals surface area contributed by atoms with Gasteiger partial charge < -0.3 is 20.6 Å². The molecule has 0 fully saturated rings. The number of amides is 1. The Balaban J connectivity index is 3.51. The van der Waals surface area contributed by atoms with Gasteiger partial charge in [-0.3, -0.25) is 4.79 Å². The van der Waals surface area contributed by atoms with E-state index in [4.69, 9.17) is 0 Å². The molecular formula is C57H113NO4. The average molecular weight is 877 g/mol. The van der Waals surface area contributed by atoms with Crippen LogP contribution in [0.25, 0.3) is 0 Å². The van der Waals surface area contributed by atoms with Gasteiger partial charge in [-0.25, -0.2) is 0 Å². The molecule has 0 aromatic rings. The molecule has 0 aromatic heterocycles. The van der Waals surface area contributed by atoms with Crippen LogP contribution in [0.5, 0.6) is 0 Å². The standard InChI is InChI=1S/C57H113NO4/c1-3-5-7-9-11-13-15-17-19-21-23-25-26-27-28-29-31-32-34-36-38-40-42-44-46-48-50-54(60)52-57(62)58-55(53-59)56(61)51-49-47-45-43-41-39-37-35-33-30-24-22-20-18-16-14-12-10-8-6-4-2/h27-28,54-56,59-61H,3-26,29-53H2,1-2H3,(H,58,62)/b28-27-. The van der Waals surface area contributed by atoms with E-state index in [1.54, 1.807) is 0 Å². The number of carbonyl (C=O) groups is 1. The third-order valence-electron chi connectivity index (χ3n) is 13.6. The number of unbranched alkanes of at least 4 members (excludes halogenated alkanes) is 42. The molecule has 5 heteroatoms. The summed E-state index contributed by atoms with van der Waals surface area (Å²) in [5, 5.41) is 33.7. The Morgan fingerprint density at radius 1 is 0.387 bits per heavy atom. The molecule has 0 aromatic carbocycles. The second-order valence-corrected chi connectivity index (χ2v) is 19.9. The molecule has 4 N–H and O–H groups in total. The molecule has 0 saturated carbocycles. The largest absolute Gasteiger partial charge is 0.394 e. The van der Waals surface area contributed by atoms with Crippen LogP contribution in [0.3, 0.4) is 0 Å². The van der Waals surface area contributed by atoms with E-state index in [1.807, 2.05) is 0 Å². The molecule has 0 aliphatic carbocycles. The summed E-state index contributed by atoms with van der Waals surface area (Å²) in [6.45, 7) is 4.30. The molecule has 0 aliphatic rings. The summed E-state index contributed by atoms with van der Waals surface area (Å²) in [5.74, 6) is -0.278. The first kappa shape index (κ1) is 61.1. The SMILES string of the molecule is CCCCCCCCCCCCCC/C=C\CCCCCCCCCCCCC(O)CC(=O)NC(CO)C(O)CCCCCCCCCCCCCCCCCCCCCCC. The van der Waals surface area contributed by atoms with Crippen LogP contribution < -0.4 is 5.32 Å². The number of allylic oxidation sites excluding steroid dienone is 2. The Morgan fingerprint density at radius 2 is 0.645 bits per heavy atom. The van der Waals surface area contributed by atoms with Crippen molar-refractivity contribution in [3.05, 3.63) is 12.2 Å². The van der Waals surface area contributed by atoms with Crippen molar-refractivity contribution in [2.45, 2.75) is 340 Å². The third-order valence-corrected chi connectivity index (χ3v) is 13.6. The van der Waals surface area contributed by atoms with E-state index in [-0.39, 0.29) is 18.9 Å². The van der Waals surface area contributed by atoms with E-state index in [2.05, 4.69) is 31.3 Å². The third kappa shape index (κ3) is 48.5. The summed E-state index contributed by atoms with van der Waals surface area (Å²) in [5.41, 5.74) is 0. The van der Waals surface area contributed by atoms with Crippen LogP contribution in [0.15, 0.2) is 12.2 Å². The maximum absolute atomic E-state index is 12.5. The lowest BCUT2D eigenvalue weighted by atomic mass is 10.0. The highest BCUT2D eigenvalue weighted by Gasteiger charge is 2.21. The van der Waals surface area contributed by atoms with Gasteiger partial charge in [-0.2, -0.15) is 0 Å². The number of aliphatic hydroxyl groups excluding tert-OH is 3. The second kappa shape index (κ2) is 52.7. The maximum Gasteiger partial charge on any atom is 0.222 e. The lowest BCUT2D eigenvalue weighted by Gasteiger charge is -2.23. The summed E-state index contributed by atoms with van der Waals surface area (Å²) >= 11 is 0.